The first-order chi connectivity index (χ1) is 28.0. The zero-order chi connectivity index (χ0) is 38.5. The Balaban J connectivity index is 1.17. The van der Waals surface area contributed by atoms with Gasteiger partial charge in [-0.15, -0.1) is 0 Å². The van der Waals surface area contributed by atoms with Crippen LogP contribution in [0, 0.1) is 6.92 Å². The summed E-state index contributed by atoms with van der Waals surface area (Å²) in [6.07, 6.45) is 14.8. The molecule has 0 amide bonds. The smallest absolute Gasteiger partial charge is 0.00295 e. The van der Waals surface area contributed by atoms with Gasteiger partial charge < -0.3 is 0 Å². The Labute approximate surface area is 337 Å². The summed E-state index contributed by atoms with van der Waals surface area (Å²) in [6, 6.07) is 57.2. The van der Waals surface area contributed by atoms with Crippen LogP contribution in [-0.4, -0.2) is 13.3 Å². The maximum absolute atomic E-state index is 2.50. The molecule has 0 saturated carbocycles. The van der Waals surface area contributed by atoms with Gasteiger partial charge in [0, 0.05) is 0 Å². The summed E-state index contributed by atoms with van der Waals surface area (Å²) in [5.41, 5.74) is 16.9. The van der Waals surface area contributed by atoms with Gasteiger partial charge in [-0.2, -0.15) is 0 Å². The van der Waals surface area contributed by atoms with Gasteiger partial charge in [-0.3, -0.25) is 0 Å². The lowest BCUT2D eigenvalue weighted by Gasteiger charge is -2.20. The standard InChI is InChI=1S/C56H45P/c1-37-13-10-24-50-46(37)18-6-7-20-49(50)40-27-29-41(30-28-40)55-51-21-8-9-22-52(51)56(54-36-44(33-34-53(54)55)43-16-11-17-45(35-43)57(2)3)42-31-25-39(26-32-42)48-23-12-15-38-14-4-5-19-47(38)48/h4-7,10-17,19-36H,8-9,18H2,1-3H3. The van der Waals surface area contributed by atoms with Gasteiger partial charge in [0.05, 0.1) is 0 Å². The lowest BCUT2D eigenvalue weighted by atomic mass is 9.84. The molecule has 0 unspecified atom stereocenters. The molecule has 0 heterocycles. The fourth-order valence-electron chi connectivity index (χ4n) is 9.20. The van der Waals surface area contributed by atoms with E-state index in [2.05, 4.69) is 202 Å². The molecule has 0 bridgehead atoms. The van der Waals surface area contributed by atoms with Crippen LogP contribution < -0.4 is 15.7 Å². The largest absolute Gasteiger partial charge is 0.0817 e. The van der Waals surface area contributed by atoms with E-state index in [-0.39, 0.29) is 7.92 Å². The molecular formula is C56H45P. The molecule has 0 aromatic heterocycles. The first-order valence-electron chi connectivity index (χ1n) is 20.2. The van der Waals surface area contributed by atoms with Crippen LogP contribution in [0.2, 0.25) is 0 Å². The topological polar surface area (TPSA) is 0 Å². The van der Waals surface area contributed by atoms with Crippen molar-refractivity contribution in [3.05, 3.63) is 203 Å². The van der Waals surface area contributed by atoms with Crippen molar-refractivity contribution in [2.45, 2.75) is 26.2 Å². The number of hydrogen-bond donors (Lipinski definition) is 0. The summed E-state index contributed by atoms with van der Waals surface area (Å²) < 4.78 is 0. The highest BCUT2D eigenvalue weighted by molar-refractivity contribution is 7.64. The van der Waals surface area contributed by atoms with Crippen molar-refractivity contribution in [2.75, 3.05) is 13.3 Å². The Hall–Kier alpha value is -6.07. The summed E-state index contributed by atoms with van der Waals surface area (Å²) in [5.74, 6) is 0. The second kappa shape index (κ2) is 14.8. The third-order valence-electron chi connectivity index (χ3n) is 12.1. The molecule has 0 aliphatic heterocycles. The predicted molar refractivity (Wildman–Crippen MR) is 250 cm³/mol. The molecule has 57 heavy (non-hydrogen) atoms. The summed E-state index contributed by atoms with van der Waals surface area (Å²) in [7, 11) is -0.197. The van der Waals surface area contributed by atoms with E-state index in [9.17, 15) is 0 Å². The molecule has 274 valence electrons. The van der Waals surface area contributed by atoms with Crippen LogP contribution in [0.5, 0.6) is 0 Å². The minimum Gasteiger partial charge on any atom is -0.0817 e. The molecule has 1 heteroatoms. The zero-order valence-corrected chi connectivity index (χ0v) is 33.8. The summed E-state index contributed by atoms with van der Waals surface area (Å²) in [6.45, 7) is 6.92. The van der Waals surface area contributed by atoms with Crippen LogP contribution in [0.3, 0.4) is 0 Å². The van der Waals surface area contributed by atoms with Gasteiger partial charge in [-0.25, -0.2) is 0 Å². The Bertz CT molecular complexity index is 3040. The molecule has 0 N–H and O–H groups in total. The molecule has 0 fully saturated rings. The van der Waals surface area contributed by atoms with Crippen molar-refractivity contribution in [3.63, 3.8) is 0 Å². The zero-order valence-electron chi connectivity index (χ0n) is 32.9. The number of rotatable bonds is 6. The number of hydrogen-bond acceptors (Lipinski definition) is 0. The Kier molecular flexibility index (Phi) is 9.17. The fraction of sp³-hybridized carbons (Fsp3) is 0.107. The number of allylic oxidation sites excluding steroid dienone is 3. The van der Waals surface area contributed by atoms with Gasteiger partial charge in [-0.05, 0) is 161 Å². The molecule has 8 aromatic rings. The van der Waals surface area contributed by atoms with E-state index in [1.165, 1.54) is 110 Å². The van der Waals surface area contributed by atoms with Gasteiger partial charge in [0.25, 0.3) is 0 Å². The predicted octanol–water partition coefficient (Wildman–Crippen LogP) is 13.2. The summed E-state index contributed by atoms with van der Waals surface area (Å²) in [5, 5.41) is 9.29. The van der Waals surface area contributed by atoms with Crippen LogP contribution in [0.1, 0.15) is 35.1 Å². The van der Waals surface area contributed by atoms with E-state index in [0.29, 0.717) is 0 Å². The quantitative estimate of drug-likeness (QED) is 0.149. The van der Waals surface area contributed by atoms with Crippen LogP contribution in [0.15, 0.2) is 170 Å². The van der Waals surface area contributed by atoms with E-state index in [1.807, 2.05) is 0 Å². The van der Waals surface area contributed by atoms with Gasteiger partial charge in [0.15, 0.2) is 0 Å². The third-order valence-corrected chi connectivity index (χ3v) is 13.4. The molecule has 0 nitrogen and oxygen atoms in total. The Morgan fingerprint density at radius 2 is 1.09 bits per heavy atom. The van der Waals surface area contributed by atoms with Gasteiger partial charge in [0.2, 0.25) is 0 Å². The minimum absolute atomic E-state index is 0.197. The van der Waals surface area contributed by atoms with Crippen LogP contribution in [-0.2, 0) is 6.42 Å². The van der Waals surface area contributed by atoms with E-state index in [0.717, 1.165) is 19.3 Å². The normalized spacial score (nSPS) is 13.4. The fourth-order valence-corrected chi connectivity index (χ4v) is 9.98. The molecule has 0 radical (unpaired) electrons. The van der Waals surface area contributed by atoms with E-state index in [1.54, 1.807) is 0 Å². The van der Waals surface area contributed by atoms with Crippen molar-refractivity contribution in [3.8, 4) is 44.5 Å². The average Bonchev–Trinajstić information content (AvgIpc) is 3.49. The SMILES string of the molecule is Cc1cccc2c1CC=CC=C2c1ccc(-c2c3c(c(-c4ccc(-c5cccc6ccccc56)cc4)c4cc(-c5cccc(P(C)C)c5)ccc24)=CCCC=3)cc1. The molecule has 10 rings (SSSR count). The number of benzene rings is 8. The van der Waals surface area contributed by atoms with Gasteiger partial charge in [-0.1, -0.05) is 178 Å². The van der Waals surface area contributed by atoms with Crippen LogP contribution in [0.25, 0.3) is 83.8 Å². The van der Waals surface area contributed by atoms with Crippen molar-refractivity contribution in [2.24, 2.45) is 0 Å². The molecule has 0 saturated heterocycles. The Morgan fingerprint density at radius 3 is 1.86 bits per heavy atom. The van der Waals surface area contributed by atoms with E-state index >= 15 is 0 Å². The van der Waals surface area contributed by atoms with Crippen LogP contribution in [0.4, 0.5) is 0 Å². The monoisotopic (exact) mass is 748 g/mol. The maximum Gasteiger partial charge on any atom is -0.00295 e. The highest BCUT2D eigenvalue weighted by Crippen LogP contribution is 2.38. The molecule has 0 atom stereocenters. The number of aryl methyl sites for hydroxylation is 1. The lowest BCUT2D eigenvalue weighted by molar-refractivity contribution is 1.12. The van der Waals surface area contributed by atoms with Crippen molar-refractivity contribution >= 4 is 52.5 Å². The average molecular weight is 749 g/mol. The molecule has 2 aliphatic rings. The van der Waals surface area contributed by atoms with Crippen molar-refractivity contribution < 1.29 is 0 Å². The molecule has 0 spiro atoms. The lowest BCUT2D eigenvalue weighted by Crippen LogP contribution is -2.31. The summed E-state index contributed by atoms with van der Waals surface area (Å²) >= 11 is 0. The molecule has 8 aromatic carbocycles. The Morgan fingerprint density at radius 1 is 0.474 bits per heavy atom. The van der Waals surface area contributed by atoms with Crippen LogP contribution >= 0.6 is 7.92 Å². The number of fused-ring (bicyclic) bond motifs is 4. The first-order valence-corrected chi connectivity index (χ1v) is 22.5. The van der Waals surface area contributed by atoms with Gasteiger partial charge in [0.1, 0.15) is 0 Å². The molecular weight excluding hydrogens is 704 g/mol. The van der Waals surface area contributed by atoms with E-state index in [4.69, 9.17) is 0 Å². The van der Waals surface area contributed by atoms with Crippen molar-refractivity contribution in [1.29, 1.82) is 0 Å². The highest BCUT2D eigenvalue weighted by Gasteiger charge is 2.19. The second-order valence-corrected chi connectivity index (χ2v) is 18.1. The highest BCUT2D eigenvalue weighted by atomic mass is 31.1. The maximum atomic E-state index is 2.50. The molecule has 2 aliphatic carbocycles. The van der Waals surface area contributed by atoms with Crippen molar-refractivity contribution in [1.82, 2.24) is 0 Å². The summed E-state index contributed by atoms with van der Waals surface area (Å²) in [4.78, 5) is 0. The minimum atomic E-state index is -0.197. The first kappa shape index (κ1) is 35.4. The van der Waals surface area contributed by atoms with Gasteiger partial charge >= 0.3 is 0 Å². The van der Waals surface area contributed by atoms with E-state index < -0.39 is 0 Å². The third kappa shape index (κ3) is 6.39. The second-order valence-electron chi connectivity index (χ2n) is 15.8.